The van der Waals surface area contributed by atoms with Crippen LogP contribution in [-0.4, -0.2) is 33.7 Å². The highest BCUT2D eigenvalue weighted by atomic mass is 35.5. The van der Waals surface area contributed by atoms with E-state index in [2.05, 4.69) is 5.10 Å². The number of likely N-dealkylation sites (tertiary alicyclic amines) is 1. The molecule has 0 unspecified atom stereocenters. The molecule has 122 valence electrons. The molecule has 1 aliphatic heterocycles. The zero-order valence-electron chi connectivity index (χ0n) is 13.0. The molecular formula is C17H19ClFN3O. The van der Waals surface area contributed by atoms with Crippen LogP contribution >= 0.6 is 11.6 Å². The highest BCUT2D eigenvalue weighted by molar-refractivity contribution is 6.31. The number of piperidine rings is 1. The number of aryl methyl sites for hydroxylation is 1. The van der Waals surface area contributed by atoms with E-state index in [1.807, 2.05) is 19.3 Å². The van der Waals surface area contributed by atoms with E-state index in [0.29, 0.717) is 18.1 Å². The van der Waals surface area contributed by atoms with E-state index >= 15 is 0 Å². The molecule has 0 saturated carbocycles. The van der Waals surface area contributed by atoms with Crippen LogP contribution in [-0.2, 0) is 18.3 Å². The van der Waals surface area contributed by atoms with Gasteiger partial charge in [-0.3, -0.25) is 9.48 Å². The van der Waals surface area contributed by atoms with Crippen LogP contribution in [0.1, 0.15) is 30.0 Å². The summed E-state index contributed by atoms with van der Waals surface area (Å²) in [5.74, 6) is -0.272. The second-order valence-corrected chi connectivity index (χ2v) is 6.38. The summed E-state index contributed by atoms with van der Waals surface area (Å²) >= 11 is 6.02. The van der Waals surface area contributed by atoms with E-state index in [1.54, 1.807) is 21.7 Å². The summed E-state index contributed by atoms with van der Waals surface area (Å²) in [5, 5.41) is 4.74. The Hall–Kier alpha value is -1.88. The Kier molecular flexibility index (Phi) is 4.66. The third kappa shape index (κ3) is 3.55. The topological polar surface area (TPSA) is 38.1 Å². The summed E-state index contributed by atoms with van der Waals surface area (Å²) in [4.78, 5) is 14.3. The van der Waals surface area contributed by atoms with Crippen molar-refractivity contribution in [2.75, 3.05) is 13.1 Å². The van der Waals surface area contributed by atoms with Crippen LogP contribution in [0.5, 0.6) is 0 Å². The van der Waals surface area contributed by atoms with Gasteiger partial charge in [0.05, 0.1) is 12.1 Å². The maximum absolute atomic E-state index is 13.9. The molecule has 0 bridgehead atoms. The van der Waals surface area contributed by atoms with Gasteiger partial charge in [-0.15, -0.1) is 0 Å². The lowest BCUT2D eigenvalue weighted by molar-refractivity contribution is -0.131. The summed E-state index contributed by atoms with van der Waals surface area (Å²) in [6.07, 6.45) is 3.86. The number of benzene rings is 1. The largest absolute Gasteiger partial charge is 0.342 e. The number of hydrogen-bond donors (Lipinski definition) is 0. The fourth-order valence-corrected chi connectivity index (χ4v) is 3.29. The van der Waals surface area contributed by atoms with Crippen molar-refractivity contribution in [2.45, 2.75) is 25.2 Å². The minimum absolute atomic E-state index is 0.000441. The van der Waals surface area contributed by atoms with Gasteiger partial charge in [-0.2, -0.15) is 5.10 Å². The number of hydrogen-bond acceptors (Lipinski definition) is 2. The molecule has 1 fully saturated rings. The van der Waals surface area contributed by atoms with Gasteiger partial charge in [0.15, 0.2) is 0 Å². The average molecular weight is 336 g/mol. The number of nitrogens with zero attached hydrogens (tertiary/aromatic N) is 3. The van der Waals surface area contributed by atoms with Crippen molar-refractivity contribution in [3.05, 3.63) is 52.6 Å². The minimum Gasteiger partial charge on any atom is -0.342 e. The zero-order chi connectivity index (χ0) is 16.4. The summed E-state index contributed by atoms with van der Waals surface area (Å²) in [6.45, 7) is 1.33. The number of amides is 1. The van der Waals surface area contributed by atoms with Crippen molar-refractivity contribution < 1.29 is 9.18 Å². The minimum atomic E-state index is -0.427. The predicted molar refractivity (Wildman–Crippen MR) is 86.9 cm³/mol. The average Bonchev–Trinajstić information content (AvgIpc) is 2.97. The SMILES string of the molecule is Cn1ccc([C@H]2CCCN(C(=O)Cc3c(F)cccc3Cl)C2)n1. The van der Waals surface area contributed by atoms with Gasteiger partial charge < -0.3 is 4.90 Å². The van der Waals surface area contributed by atoms with Crippen LogP contribution in [0.15, 0.2) is 30.5 Å². The van der Waals surface area contributed by atoms with Crippen LogP contribution in [0.2, 0.25) is 5.02 Å². The lowest BCUT2D eigenvalue weighted by Gasteiger charge is -2.32. The van der Waals surface area contributed by atoms with Crippen LogP contribution in [0.25, 0.3) is 0 Å². The summed E-state index contributed by atoms with van der Waals surface area (Å²) < 4.78 is 15.6. The Morgan fingerprint density at radius 1 is 1.43 bits per heavy atom. The standard InChI is InChI=1S/C17H19ClFN3O/c1-21-9-7-16(20-21)12-4-3-8-22(11-12)17(23)10-13-14(18)5-2-6-15(13)19/h2,5-7,9,12H,3-4,8,10-11H2,1H3/t12-/m0/s1. The van der Waals surface area contributed by atoms with E-state index in [-0.39, 0.29) is 23.8 Å². The molecule has 23 heavy (non-hydrogen) atoms. The number of rotatable bonds is 3. The Morgan fingerprint density at radius 3 is 2.96 bits per heavy atom. The van der Waals surface area contributed by atoms with Gasteiger partial charge in [0.25, 0.3) is 0 Å². The lowest BCUT2D eigenvalue weighted by atomic mass is 9.94. The van der Waals surface area contributed by atoms with E-state index < -0.39 is 5.82 Å². The van der Waals surface area contributed by atoms with Crippen LogP contribution in [0, 0.1) is 5.82 Å². The van der Waals surface area contributed by atoms with Gasteiger partial charge >= 0.3 is 0 Å². The highest BCUT2D eigenvalue weighted by Gasteiger charge is 2.27. The molecule has 4 nitrogen and oxygen atoms in total. The smallest absolute Gasteiger partial charge is 0.227 e. The Morgan fingerprint density at radius 2 is 2.26 bits per heavy atom. The normalized spacial score (nSPS) is 18.2. The van der Waals surface area contributed by atoms with Crippen molar-refractivity contribution >= 4 is 17.5 Å². The maximum atomic E-state index is 13.9. The fourth-order valence-electron chi connectivity index (χ4n) is 3.06. The van der Waals surface area contributed by atoms with Gasteiger partial charge in [0.1, 0.15) is 5.82 Å². The van der Waals surface area contributed by atoms with Crippen molar-refractivity contribution in [2.24, 2.45) is 7.05 Å². The van der Waals surface area contributed by atoms with Crippen molar-refractivity contribution in [3.63, 3.8) is 0 Å². The summed E-state index contributed by atoms with van der Waals surface area (Å²) in [5.41, 5.74) is 1.29. The molecule has 1 aromatic carbocycles. The first-order chi connectivity index (χ1) is 11.0. The van der Waals surface area contributed by atoms with Gasteiger partial charge in [0.2, 0.25) is 5.91 Å². The molecule has 1 atom stereocenters. The first kappa shape index (κ1) is 16.0. The maximum Gasteiger partial charge on any atom is 0.227 e. The predicted octanol–water partition coefficient (Wildman–Crippen LogP) is 3.16. The highest BCUT2D eigenvalue weighted by Crippen LogP contribution is 2.27. The Labute approximate surface area is 139 Å². The molecule has 6 heteroatoms. The van der Waals surface area contributed by atoms with Gasteiger partial charge in [-0.05, 0) is 31.0 Å². The molecule has 1 amide bonds. The van der Waals surface area contributed by atoms with Gasteiger partial charge in [0, 0.05) is 42.8 Å². The lowest BCUT2D eigenvalue weighted by Crippen LogP contribution is -2.40. The van der Waals surface area contributed by atoms with Crippen molar-refractivity contribution in [1.82, 2.24) is 14.7 Å². The van der Waals surface area contributed by atoms with Crippen molar-refractivity contribution in [1.29, 1.82) is 0 Å². The first-order valence-electron chi connectivity index (χ1n) is 7.75. The van der Waals surface area contributed by atoms with Gasteiger partial charge in [-0.25, -0.2) is 4.39 Å². The van der Waals surface area contributed by atoms with E-state index in [1.165, 1.54) is 6.07 Å². The third-order valence-corrected chi connectivity index (χ3v) is 4.67. The third-order valence-electron chi connectivity index (χ3n) is 4.32. The number of aromatic nitrogens is 2. The summed E-state index contributed by atoms with van der Waals surface area (Å²) in [7, 11) is 1.88. The molecule has 1 aliphatic rings. The quantitative estimate of drug-likeness (QED) is 0.864. The van der Waals surface area contributed by atoms with Crippen LogP contribution < -0.4 is 0 Å². The second kappa shape index (κ2) is 6.71. The molecule has 2 aromatic rings. The Balaban J connectivity index is 1.70. The van der Waals surface area contributed by atoms with Crippen LogP contribution in [0.3, 0.4) is 0 Å². The molecule has 1 saturated heterocycles. The molecule has 0 radical (unpaired) electrons. The molecule has 0 N–H and O–H groups in total. The first-order valence-corrected chi connectivity index (χ1v) is 8.12. The van der Waals surface area contributed by atoms with E-state index in [9.17, 15) is 9.18 Å². The molecule has 0 aliphatic carbocycles. The summed E-state index contributed by atoms with van der Waals surface area (Å²) in [6, 6.07) is 6.48. The number of carbonyl (C=O) groups excluding carboxylic acids is 1. The molecule has 0 spiro atoms. The number of carbonyl (C=O) groups is 1. The zero-order valence-corrected chi connectivity index (χ0v) is 13.8. The number of halogens is 2. The monoisotopic (exact) mass is 335 g/mol. The molecular weight excluding hydrogens is 317 g/mol. The van der Waals surface area contributed by atoms with E-state index in [0.717, 1.165) is 18.5 Å². The molecule has 2 heterocycles. The van der Waals surface area contributed by atoms with Gasteiger partial charge in [-0.1, -0.05) is 17.7 Å². The fraction of sp³-hybridized carbons (Fsp3) is 0.412. The Bertz CT molecular complexity index is 695. The molecule has 3 rings (SSSR count). The molecule has 1 aromatic heterocycles. The van der Waals surface area contributed by atoms with Crippen LogP contribution in [0.4, 0.5) is 4.39 Å². The second-order valence-electron chi connectivity index (χ2n) is 5.97. The van der Waals surface area contributed by atoms with Crippen molar-refractivity contribution in [3.8, 4) is 0 Å². The van der Waals surface area contributed by atoms with E-state index in [4.69, 9.17) is 11.6 Å².